The molecule has 0 saturated heterocycles. The lowest BCUT2D eigenvalue weighted by Gasteiger charge is -2.07. The van der Waals surface area contributed by atoms with Crippen LogP contribution >= 0.6 is 0 Å². The van der Waals surface area contributed by atoms with Gasteiger partial charge in [-0.3, -0.25) is 0 Å². The highest BCUT2D eigenvalue weighted by Crippen LogP contribution is 2.24. The first-order valence-electron chi connectivity index (χ1n) is 4.91. The summed E-state index contributed by atoms with van der Waals surface area (Å²) in [5.74, 6) is -1.38. The predicted molar refractivity (Wildman–Crippen MR) is 59.8 cm³/mol. The first-order valence-corrected chi connectivity index (χ1v) is 4.91. The van der Waals surface area contributed by atoms with Crippen LogP contribution in [0.4, 0.5) is 14.5 Å². The molecule has 17 heavy (non-hydrogen) atoms. The monoisotopic (exact) mass is 236 g/mol. The summed E-state index contributed by atoms with van der Waals surface area (Å²) in [6.45, 7) is 1.76. The lowest BCUT2D eigenvalue weighted by atomic mass is 10.3. The van der Waals surface area contributed by atoms with Crippen molar-refractivity contribution in [3.63, 3.8) is 0 Å². The van der Waals surface area contributed by atoms with Crippen molar-refractivity contribution in [2.75, 3.05) is 5.73 Å². The third-order valence-electron chi connectivity index (χ3n) is 2.16. The van der Waals surface area contributed by atoms with Gasteiger partial charge in [-0.2, -0.15) is 0 Å². The minimum Gasteiger partial charge on any atom is -0.439 e. The molecule has 2 N–H and O–H groups in total. The number of aromatic nitrogens is 1. The Bertz CT molecular complexity index is 558. The van der Waals surface area contributed by atoms with Crippen LogP contribution in [-0.2, 0) is 0 Å². The summed E-state index contributed by atoms with van der Waals surface area (Å²) in [6.07, 6.45) is 1.43. The minimum absolute atomic E-state index is 0.185. The number of nitrogen functional groups attached to an aromatic ring is 1. The Morgan fingerprint density at radius 3 is 2.59 bits per heavy atom. The molecule has 88 valence electrons. The second-order valence-electron chi connectivity index (χ2n) is 3.57. The molecule has 0 aliphatic heterocycles. The molecule has 0 aliphatic rings. The lowest BCUT2D eigenvalue weighted by molar-refractivity contribution is 0.445. The average molecular weight is 236 g/mol. The van der Waals surface area contributed by atoms with Crippen LogP contribution in [0, 0.1) is 18.6 Å². The second kappa shape index (κ2) is 4.37. The molecule has 0 radical (unpaired) electrons. The van der Waals surface area contributed by atoms with Crippen molar-refractivity contribution < 1.29 is 13.5 Å². The Labute approximate surface area is 96.9 Å². The first-order chi connectivity index (χ1) is 8.06. The van der Waals surface area contributed by atoms with Gasteiger partial charge in [-0.25, -0.2) is 13.8 Å². The summed E-state index contributed by atoms with van der Waals surface area (Å²) in [5, 5.41) is 0. The fourth-order valence-corrected chi connectivity index (χ4v) is 1.34. The molecule has 1 heterocycles. The van der Waals surface area contributed by atoms with Crippen molar-refractivity contribution in [3.8, 4) is 11.6 Å². The standard InChI is InChI=1S/C12H10F2N2O/c1-7-4-8(15)6-16-12(7)17-9-2-3-10(13)11(14)5-9/h2-6H,15H2,1H3. The Morgan fingerprint density at radius 2 is 1.94 bits per heavy atom. The number of ether oxygens (including phenoxy) is 1. The van der Waals surface area contributed by atoms with E-state index in [9.17, 15) is 8.78 Å². The largest absolute Gasteiger partial charge is 0.439 e. The third-order valence-corrected chi connectivity index (χ3v) is 2.16. The number of pyridine rings is 1. The summed E-state index contributed by atoms with van der Waals surface area (Å²) >= 11 is 0. The predicted octanol–water partition coefficient (Wildman–Crippen LogP) is 3.04. The minimum atomic E-state index is -0.962. The number of nitrogens with zero attached hydrogens (tertiary/aromatic N) is 1. The van der Waals surface area contributed by atoms with Crippen LogP contribution in [0.25, 0.3) is 0 Å². The molecule has 3 nitrogen and oxygen atoms in total. The molecular formula is C12H10F2N2O. The van der Waals surface area contributed by atoms with Crippen LogP contribution in [0.5, 0.6) is 11.6 Å². The van der Waals surface area contributed by atoms with Gasteiger partial charge in [0, 0.05) is 11.6 Å². The third kappa shape index (κ3) is 2.50. The van der Waals surface area contributed by atoms with Gasteiger partial charge >= 0.3 is 0 Å². The molecular weight excluding hydrogens is 226 g/mol. The smallest absolute Gasteiger partial charge is 0.222 e. The van der Waals surface area contributed by atoms with E-state index in [-0.39, 0.29) is 5.75 Å². The fourth-order valence-electron chi connectivity index (χ4n) is 1.34. The van der Waals surface area contributed by atoms with Crippen molar-refractivity contribution in [2.45, 2.75) is 6.92 Å². The van der Waals surface area contributed by atoms with Crippen LogP contribution in [0.15, 0.2) is 30.5 Å². The molecule has 0 spiro atoms. The van der Waals surface area contributed by atoms with E-state index in [0.29, 0.717) is 11.6 Å². The van der Waals surface area contributed by atoms with Crippen LogP contribution in [0.3, 0.4) is 0 Å². The lowest BCUT2D eigenvalue weighted by Crippen LogP contribution is -1.95. The average Bonchev–Trinajstić information content (AvgIpc) is 2.27. The quantitative estimate of drug-likeness (QED) is 0.871. The van der Waals surface area contributed by atoms with Gasteiger partial charge in [0.25, 0.3) is 0 Å². The molecule has 0 aliphatic carbocycles. The number of hydrogen-bond acceptors (Lipinski definition) is 3. The van der Waals surface area contributed by atoms with Crippen molar-refractivity contribution in [1.82, 2.24) is 4.98 Å². The van der Waals surface area contributed by atoms with Gasteiger partial charge in [-0.1, -0.05) is 0 Å². The zero-order chi connectivity index (χ0) is 12.4. The summed E-state index contributed by atoms with van der Waals surface area (Å²) in [6, 6.07) is 4.97. The van der Waals surface area contributed by atoms with Gasteiger partial charge in [-0.15, -0.1) is 0 Å². The van der Waals surface area contributed by atoms with Crippen LogP contribution in [0.2, 0.25) is 0 Å². The molecule has 0 fully saturated rings. The van der Waals surface area contributed by atoms with Gasteiger partial charge in [-0.05, 0) is 25.1 Å². The Hall–Kier alpha value is -2.17. The number of anilines is 1. The van der Waals surface area contributed by atoms with Gasteiger partial charge < -0.3 is 10.5 Å². The zero-order valence-corrected chi connectivity index (χ0v) is 9.08. The molecule has 1 aromatic heterocycles. The number of rotatable bonds is 2. The zero-order valence-electron chi connectivity index (χ0n) is 9.08. The number of halogens is 2. The van der Waals surface area contributed by atoms with E-state index in [1.54, 1.807) is 13.0 Å². The summed E-state index contributed by atoms with van der Waals surface area (Å²) in [4.78, 5) is 3.96. The number of aryl methyl sites for hydroxylation is 1. The van der Waals surface area contributed by atoms with Gasteiger partial charge in [0.2, 0.25) is 5.88 Å². The molecule has 1 aromatic carbocycles. The van der Waals surface area contributed by atoms with E-state index in [1.807, 2.05) is 0 Å². The van der Waals surface area contributed by atoms with Gasteiger partial charge in [0.15, 0.2) is 11.6 Å². The van der Waals surface area contributed by atoms with Crippen LogP contribution in [-0.4, -0.2) is 4.98 Å². The topological polar surface area (TPSA) is 48.1 Å². The van der Waals surface area contributed by atoms with E-state index < -0.39 is 11.6 Å². The van der Waals surface area contributed by atoms with E-state index in [4.69, 9.17) is 10.5 Å². The molecule has 0 saturated carbocycles. The number of benzene rings is 1. The fraction of sp³-hybridized carbons (Fsp3) is 0.0833. The summed E-state index contributed by atoms with van der Waals surface area (Å²) < 4.78 is 31.0. The SMILES string of the molecule is Cc1cc(N)cnc1Oc1ccc(F)c(F)c1. The van der Waals surface area contributed by atoms with Crippen molar-refractivity contribution in [1.29, 1.82) is 0 Å². The summed E-state index contributed by atoms with van der Waals surface area (Å²) in [7, 11) is 0. The van der Waals surface area contributed by atoms with Crippen molar-refractivity contribution in [2.24, 2.45) is 0 Å². The van der Waals surface area contributed by atoms with E-state index in [0.717, 1.165) is 17.7 Å². The van der Waals surface area contributed by atoms with Crippen molar-refractivity contribution >= 4 is 5.69 Å². The van der Waals surface area contributed by atoms with Gasteiger partial charge in [0.1, 0.15) is 5.75 Å². The van der Waals surface area contributed by atoms with E-state index in [1.165, 1.54) is 12.3 Å². The highest BCUT2D eigenvalue weighted by Gasteiger charge is 2.07. The maximum Gasteiger partial charge on any atom is 0.222 e. The highest BCUT2D eigenvalue weighted by atomic mass is 19.2. The maximum absolute atomic E-state index is 13.0. The van der Waals surface area contributed by atoms with E-state index >= 15 is 0 Å². The molecule has 0 unspecified atom stereocenters. The van der Waals surface area contributed by atoms with Gasteiger partial charge in [0.05, 0.1) is 11.9 Å². The summed E-state index contributed by atoms with van der Waals surface area (Å²) in [5.41, 5.74) is 6.77. The Morgan fingerprint density at radius 1 is 1.18 bits per heavy atom. The first kappa shape index (κ1) is 11.3. The van der Waals surface area contributed by atoms with Crippen molar-refractivity contribution in [3.05, 3.63) is 47.7 Å². The molecule has 0 atom stereocenters. The van der Waals surface area contributed by atoms with Crippen LogP contribution < -0.4 is 10.5 Å². The Kier molecular flexibility index (Phi) is 2.91. The highest BCUT2D eigenvalue weighted by molar-refractivity contribution is 5.43. The molecule has 0 bridgehead atoms. The molecule has 0 amide bonds. The molecule has 2 aromatic rings. The maximum atomic E-state index is 13.0. The number of hydrogen-bond donors (Lipinski definition) is 1. The normalized spacial score (nSPS) is 10.3. The Balaban J connectivity index is 2.28. The van der Waals surface area contributed by atoms with Crippen LogP contribution in [0.1, 0.15) is 5.56 Å². The van der Waals surface area contributed by atoms with E-state index in [2.05, 4.69) is 4.98 Å². The number of nitrogens with two attached hydrogens (primary N) is 1. The molecule has 2 rings (SSSR count). The second-order valence-corrected chi connectivity index (χ2v) is 3.57. The molecule has 5 heteroatoms.